The van der Waals surface area contributed by atoms with Crippen molar-refractivity contribution in [1.82, 2.24) is 24.6 Å². The summed E-state index contributed by atoms with van der Waals surface area (Å²) < 4.78 is 1.66. The highest BCUT2D eigenvalue weighted by molar-refractivity contribution is 5.76. The minimum absolute atomic E-state index is 0.102. The maximum Gasteiger partial charge on any atom is 0.244 e. The Morgan fingerprint density at radius 2 is 2.04 bits per heavy atom. The van der Waals surface area contributed by atoms with Crippen LogP contribution in [0.4, 0.5) is 11.8 Å². The number of aromatic nitrogens is 4. The molecule has 2 aromatic rings. The van der Waals surface area contributed by atoms with E-state index in [9.17, 15) is 4.79 Å². The molecular formula is C16H23N7O. The molecule has 0 atom stereocenters. The smallest absolute Gasteiger partial charge is 0.244 e. The van der Waals surface area contributed by atoms with Gasteiger partial charge >= 0.3 is 0 Å². The van der Waals surface area contributed by atoms with Crippen molar-refractivity contribution >= 4 is 17.7 Å². The molecule has 1 N–H and O–H groups in total. The Bertz CT molecular complexity index is 678. The lowest BCUT2D eigenvalue weighted by atomic mass is 10.3. The lowest BCUT2D eigenvalue weighted by Crippen LogP contribution is -2.50. The Hall–Kier alpha value is -2.64. The molecule has 0 unspecified atom stereocenters. The van der Waals surface area contributed by atoms with Gasteiger partial charge in [-0.05, 0) is 19.9 Å². The van der Waals surface area contributed by atoms with E-state index in [0.717, 1.165) is 31.1 Å². The number of nitrogens with one attached hydrogen (secondary N) is 1. The van der Waals surface area contributed by atoms with Gasteiger partial charge in [0.2, 0.25) is 11.9 Å². The van der Waals surface area contributed by atoms with Crippen LogP contribution in [0.3, 0.4) is 0 Å². The van der Waals surface area contributed by atoms with Crippen LogP contribution in [0.2, 0.25) is 0 Å². The zero-order chi connectivity index (χ0) is 16.9. The second kappa shape index (κ2) is 7.29. The normalized spacial score (nSPS) is 14.8. The number of hydrogen-bond donors (Lipinski definition) is 1. The van der Waals surface area contributed by atoms with Crippen molar-refractivity contribution in [2.45, 2.75) is 20.4 Å². The fraction of sp³-hybridized carbons (Fsp3) is 0.500. The van der Waals surface area contributed by atoms with E-state index in [4.69, 9.17) is 0 Å². The molecule has 0 spiro atoms. The lowest BCUT2D eigenvalue weighted by Gasteiger charge is -2.35. The van der Waals surface area contributed by atoms with Gasteiger partial charge in [0.1, 0.15) is 12.4 Å². The molecule has 0 aliphatic carbocycles. The van der Waals surface area contributed by atoms with Crippen LogP contribution < -0.4 is 10.2 Å². The van der Waals surface area contributed by atoms with Crippen molar-refractivity contribution in [3.05, 3.63) is 30.2 Å². The van der Waals surface area contributed by atoms with Crippen LogP contribution in [0.25, 0.3) is 0 Å². The number of carbonyl (C=O) groups is 1. The predicted octanol–water partition coefficient (Wildman–Crippen LogP) is 0.762. The summed E-state index contributed by atoms with van der Waals surface area (Å²) in [4.78, 5) is 25.3. The van der Waals surface area contributed by atoms with Gasteiger partial charge in [-0.15, -0.1) is 0 Å². The van der Waals surface area contributed by atoms with Crippen LogP contribution in [0.15, 0.2) is 24.5 Å². The summed E-state index contributed by atoms with van der Waals surface area (Å²) in [6.45, 7) is 8.01. The standard InChI is InChI=1S/C16H23N7O/c1-3-17-16-19-13(2)11-14(20-16)21-7-9-22(10-8-21)15(24)12-23-6-4-5-18-23/h4-6,11H,3,7-10,12H2,1-2H3,(H,17,19,20). The van der Waals surface area contributed by atoms with Gasteiger partial charge in [-0.2, -0.15) is 10.1 Å². The average molecular weight is 329 g/mol. The third-order valence-electron chi connectivity index (χ3n) is 3.99. The minimum Gasteiger partial charge on any atom is -0.354 e. The van der Waals surface area contributed by atoms with E-state index in [-0.39, 0.29) is 5.91 Å². The molecule has 3 heterocycles. The van der Waals surface area contributed by atoms with Crippen molar-refractivity contribution in [3.63, 3.8) is 0 Å². The largest absolute Gasteiger partial charge is 0.354 e. The van der Waals surface area contributed by atoms with Crippen LogP contribution in [0.5, 0.6) is 0 Å². The molecule has 0 bridgehead atoms. The molecule has 8 nitrogen and oxygen atoms in total. The Kier molecular flexibility index (Phi) is 4.93. The quantitative estimate of drug-likeness (QED) is 0.872. The zero-order valence-corrected chi connectivity index (χ0v) is 14.1. The number of carbonyl (C=O) groups excluding carboxylic acids is 1. The third kappa shape index (κ3) is 3.81. The van der Waals surface area contributed by atoms with Gasteiger partial charge in [0.15, 0.2) is 0 Å². The Morgan fingerprint density at radius 1 is 1.25 bits per heavy atom. The maximum absolute atomic E-state index is 12.3. The third-order valence-corrected chi connectivity index (χ3v) is 3.99. The summed E-state index contributed by atoms with van der Waals surface area (Å²) in [5.74, 6) is 1.67. The number of anilines is 2. The van der Waals surface area contributed by atoms with Crippen LogP contribution in [0, 0.1) is 6.92 Å². The molecule has 1 amide bonds. The fourth-order valence-electron chi connectivity index (χ4n) is 2.77. The number of rotatable bonds is 5. The van der Waals surface area contributed by atoms with E-state index in [2.05, 4.69) is 25.3 Å². The molecule has 24 heavy (non-hydrogen) atoms. The molecule has 1 saturated heterocycles. The second-order valence-electron chi connectivity index (χ2n) is 5.79. The highest BCUT2D eigenvalue weighted by Gasteiger charge is 2.22. The average Bonchev–Trinajstić information content (AvgIpc) is 3.08. The molecule has 0 radical (unpaired) electrons. The summed E-state index contributed by atoms with van der Waals surface area (Å²) in [7, 11) is 0. The van der Waals surface area contributed by atoms with E-state index in [1.54, 1.807) is 17.1 Å². The Balaban J connectivity index is 1.59. The number of nitrogens with zero attached hydrogens (tertiary/aromatic N) is 6. The molecule has 8 heteroatoms. The Morgan fingerprint density at radius 3 is 2.71 bits per heavy atom. The predicted molar refractivity (Wildman–Crippen MR) is 92.0 cm³/mol. The molecule has 1 aliphatic heterocycles. The number of piperazine rings is 1. The first-order valence-electron chi connectivity index (χ1n) is 8.25. The van der Waals surface area contributed by atoms with Gasteiger partial charge in [-0.25, -0.2) is 4.98 Å². The van der Waals surface area contributed by atoms with E-state index >= 15 is 0 Å². The second-order valence-corrected chi connectivity index (χ2v) is 5.79. The van der Waals surface area contributed by atoms with Gasteiger partial charge < -0.3 is 15.1 Å². The first-order chi connectivity index (χ1) is 11.7. The summed E-state index contributed by atoms with van der Waals surface area (Å²) in [6.07, 6.45) is 3.49. The van der Waals surface area contributed by atoms with Crippen molar-refractivity contribution < 1.29 is 4.79 Å². The summed E-state index contributed by atoms with van der Waals surface area (Å²) in [5, 5.41) is 7.24. The van der Waals surface area contributed by atoms with E-state index in [1.165, 1.54) is 0 Å². The first kappa shape index (κ1) is 16.2. The first-order valence-corrected chi connectivity index (χ1v) is 8.25. The highest BCUT2D eigenvalue weighted by atomic mass is 16.2. The number of amides is 1. The molecule has 2 aromatic heterocycles. The number of aryl methyl sites for hydroxylation is 1. The van der Waals surface area contributed by atoms with Crippen LogP contribution in [0.1, 0.15) is 12.6 Å². The van der Waals surface area contributed by atoms with Gasteiger partial charge in [0.25, 0.3) is 0 Å². The molecule has 3 rings (SSSR count). The molecule has 0 saturated carbocycles. The topological polar surface area (TPSA) is 79.2 Å². The summed E-state index contributed by atoms with van der Waals surface area (Å²) in [6, 6.07) is 3.81. The van der Waals surface area contributed by atoms with Crippen molar-refractivity contribution in [1.29, 1.82) is 0 Å². The Labute approximate surface area is 141 Å². The van der Waals surface area contributed by atoms with Gasteiger partial charge in [-0.1, -0.05) is 0 Å². The summed E-state index contributed by atoms with van der Waals surface area (Å²) >= 11 is 0. The highest BCUT2D eigenvalue weighted by Crippen LogP contribution is 2.17. The van der Waals surface area contributed by atoms with E-state index in [1.807, 2.05) is 30.9 Å². The molecule has 0 aromatic carbocycles. The molecule has 1 aliphatic rings. The van der Waals surface area contributed by atoms with Crippen LogP contribution >= 0.6 is 0 Å². The maximum atomic E-state index is 12.3. The van der Waals surface area contributed by atoms with Crippen molar-refractivity contribution in [3.8, 4) is 0 Å². The van der Waals surface area contributed by atoms with Crippen LogP contribution in [-0.2, 0) is 11.3 Å². The molecular weight excluding hydrogens is 306 g/mol. The van der Waals surface area contributed by atoms with Gasteiger partial charge in [0, 0.05) is 56.9 Å². The van der Waals surface area contributed by atoms with Gasteiger partial charge in [-0.3, -0.25) is 9.48 Å². The summed E-state index contributed by atoms with van der Waals surface area (Å²) in [5.41, 5.74) is 0.938. The molecule has 128 valence electrons. The van der Waals surface area contributed by atoms with Crippen LogP contribution in [-0.4, -0.2) is 63.3 Å². The zero-order valence-electron chi connectivity index (χ0n) is 14.1. The monoisotopic (exact) mass is 329 g/mol. The lowest BCUT2D eigenvalue weighted by molar-refractivity contribution is -0.132. The number of hydrogen-bond acceptors (Lipinski definition) is 6. The van der Waals surface area contributed by atoms with Crippen molar-refractivity contribution in [2.75, 3.05) is 42.9 Å². The molecule has 1 fully saturated rings. The minimum atomic E-state index is 0.102. The van der Waals surface area contributed by atoms with E-state index < -0.39 is 0 Å². The van der Waals surface area contributed by atoms with E-state index in [0.29, 0.717) is 25.6 Å². The van der Waals surface area contributed by atoms with Gasteiger partial charge in [0.05, 0.1) is 0 Å². The fourth-order valence-corrected chi connectivity index (χ4v) is 2.77. The van der Waals surface area contributed by atoms with Crippen molar-refractivity contribution in [2.24, 2.45) is 0 Å². The SMILES string of the molecule is CCNc1nc(C)cc(N2CCN(C(=O)Cn3cccn3)CC2)n1.